The fraction of sp³-hybridized carbons (Fsp3) is 1.00. The van der Waals surface area contributed by atoms with E-state index in [0.717, 1.165) is 51.4 Å². The molecule has 0 saturated heterocycles. The van der Waals surface area contributed by atoms with Crippen molar-refractivity contribution in [2.24, 2.45) is 5.92 Å². The van der Waals surface area contributed by atoms with Gasteiger partial charge in [-0.05, 0) is 30.5 Å². The molecule has 1 unspecified atom stereocenters. The molecule has 0 aromatic heterocycles. The van der Waals surface area contributed by atoms with E-state index in [1.165, 1.54) is 12.8 Å². The maximum atomic E-state index is 14.2. The fourth-order valence-electron chi connectivity index (χ4n) is 3.62. The molecule has 0 N–H and O–H groups in total. The SMILES string of the molecule is CCCCCCCC[Si](F)(F)CCC(C)C[Si](F)(F)CCCCCCCC. The van der Waals surface area contributed by atoms with E-state index in [4.69, 9.17) is 0 Å². The molecule has 0 nitrogen and oxygen atoms in total. The first-order valence-electron chi connectivity index (χ1n) is 11.5. The zero-order chi connectivity index (χ0) is 20.6. The summed E-state index contributed by atoms with van der Waals surface area (Å²) in [5.74, 6) is -0.255. The Kier molecular flexibility index (Phi) is 16.1. The Balaban J connectivity index is 3.88. The number of halogens is 4. The highest BCUT2D eigenvalue weighted by atomic mass is 28.4. The summed E-state index contributed by atoms with van der Waals surface area (Å²) >= 11 is 0. The molecule has 0 amide bonds. The van der Waals surface area contributed by atoms with Gasteiger partial charge in [-0.15, -0.1) is 0 Å². The van der Waals surface area contributed by atoms with Crippen molar-refractivity contribution in [3.8, 4) is 0 Å². The molecule has 0 aromatic rings. The van der Waals surface area contributed by atoms with Crippen molar-refractivity contribution in [2.75, 3.05) is 0 Å². The predicted octanol–water partition coefficient (Wildman–Crippen LogP) is 9.50. The van der Waals surface area contributed by atoms with Crippen molar-refractivity contribution >= 4 is 17.5 Å². The topological polar surface area (TPSA) is 0 Å². The number of unbranched alkanes of at least 4 members (excludes halogenated alkanes) is 10. The van der Waals surface area contributed by atoms with E-state index in [-0.39, 0.29) is 36.5 Å². The molecule has 0 fully saturated rings. The van der Waals surface area contributed by atoms with Crippen molar-refractivity contribution < 1.29 is 16.4 Å². The van der Waals surface area contributed by atoms with Crippen LogP contribution in [0, 0.1) is 5.92 Å². The Labute approximate surface area is 168 Å². The lowest BCUT2D eigenvalue weighted by molar-refractivity contribution is 0.488. The van der Waals surface area contributed by atoms with Crippen LogP contribution in [0.2, 0.25) is 24.2 Å². The van der Waals surface area contributed by atoms with Gasteiger partial charge in [0.15, 0.2) is 0 Å². The third-order valence-electron chi connectivity index (χ3n) is 5.44. The van der Waals surface area contributed by atoms with Crippen molar-refractivity contribution in [1.29, 1.82) is 0 Å². The highest BCUT2D eigenvalue weighted by molar-refractivity contribution is 6.66. The minimum atomic E-state index is -4.20. The van der Waals surface area contributed by atoms with Gasteiger partial charge in [-0.1, -0.05) is 97.8 Å². The fourth-order valence-corrected chi connectivity index (χ4v) is 7.75. The van der Waals surface area contributed by atoms with Gasteiger partial charge >= 0.3 is 17.5 Å². The van der Waals surface area contributed by atoms with Crippen LogP contribution in [0.4, 0.5) is 16.4 Å². The van der Waals surface area contributed by atoms with E-state index in [1.807, 2.05) is 0 Å². The zero-order valence-corrected chi connectivity index (χ0v) is 20.1. The summed E-state index contributed by atoms with van der Waals surface area (Å²) in [5, 5.41) is 0. The Morgan fingerprint density at radius 3 is 1.44 bits per heavy atom. The smallest absolute Gasteiger partial charge is 0.270 e. The van der Waals surface area contributed by atoms with Crippen LogP contribution in [0.25, 0.3) is 0 Å². The number of hydrogen-bond acceptors (Lipinski definition) is 0. The van der Waals surface area contributed by atoms with Gasteiger partial charge in [-0.3, -0.25) is 16.4 Å². The van der Waals surface area contributed by atoms with Gasteiger partial charge < -0.3 is 0 Å². The molecule has 0 spiro atoms. The molecule has 0 radical (unpaired) electrons. The number of hydrogen-bond donors (Lipinski definition) is 0. The lowest BCUT2D eigenvalue weighted by Gasteiger charge is -2.20. The summed E-state index contributed by atoms with van der Waals surface area (Å²) in [4.78, 5) is 0. The summed E-state index contributed by atoms with van der Waals surface area (Å²) in [7, 11) is -8.39. The highest BCUT2D eigenvalue weighted by Gasteiger charge is 2.39. The predicted molar refractivity (Wildman–Crippen MR) is 116 cm³/mol. The van der Waals surface area contributed by atoms with Gasteiger partial charge in [0.05, 0.1) is 0 Å². The molecule has 1 atom stereocenters. The molecule has 0 aliphatic carbocycles. The van der Waals surface area contributed by atoms with Crippen molar-refractivity contribution in [3.05, 3.63) is 0 Å². The lowest BCUT2D eigenvalue weighted by Crippen LogP contribution is -2.27. The zero-order valence-electron chi connectivity index (χ0n) is 18.1. The first-order valence-corrected chi connectivity index (χ1v) is 15.8. The van der Waals surface area contributed by atoms with Crippen LogP contribution in [-0.2, 0) is 0 Å². The first kappa shape index (κ1) is 27.2. The molecular weight excluding hydrogens is 384 g/mol. The standard InChI is InChI=1S/C21H44F4Si2/c1-4-6-8-10-12-14-17-26(22,23)19-16-21(3)20-27(24,25)18-15-13-11-9-7-5-2/h21H,4-20H2,1-3H3. The largest absolute Gasteiger partial charge is 0.425 e. The molecule has 0 aliphatic rings. The Bertz CT molecular complexity index is 338. The van der Waals surface area contributed by atoms with Gasteiger partial charge in [0.1, 0.15) is 0 Å². The average Bonchev–Trinajstić information content (AvgIpc) is 2.59. The first-order chi connectivity index (χ1) is 12.7. The van der Waals surface area contributed by atoms with Crippen LogP contribution < -0.4 is 0 Å². The van der Waals surface area contributed by atoms with E-state index < -0.39 is 17.5 Å². The van der Waals surface area contributed by atoms with Gasteiger partial charge in [0.25, 0.3) is 0 Å². The van der Waals surface area contributed by atoms with Crippen LogP contribution >= 0.6 is 0 Å². The Hall–Kier alpha value is 0.154. The van der Waals surface area contributed by atoms with Crippen molar-refractivity contribution in [3.63, 3.8) is 0 Å². The summed E-state index contributed by atoms with van der Waals surface area (Å²) in [5.41, 5.74) is 0. The van der Waals surface area contributed by atoms with E-state index >= 15 is 0 Å². The monoisotopic (exact) mass is 428 g/mol. The molecule has 0 saturated carbocycles. The van der Waals surface area contributed by atoms with Crippen molar-refractivity contribution in [2.45, 2.75) is 128 Å². The van der Waals surface area contributed by atoms with Crippen LogP contribution in [-0.4, -0.2) is 17.5 Å². The minimum Gasteiger partial charge on any atom is -0.270 e. The summed E-state index contributed by atoms with van der Waals surface area (Å²) in [6.45, 7) is 6.03. The molecule has 164 valence electrons. The van der Waals surface area contributed by atoms with E-state index in [0.29, 0.717) is 12.8 Å². The van der Waals surface area contributed by atoms with Crippen molar-refractivity contribution in [1.82, 2.24) is 0 Å². The third-order valence-corrected chi connectivity index (χ3v) is 9.93. The van der Waals surface area contributed by atoms with E-state index in [1.54, 1.807) is 6.92 Å². The quantitative estimate of drug-likeness (QED) is 0.0831. The average molecular weight is 429 g/mol. The molecular formula is C21H44F4Si2. The second-order valence-electron chi connectivity index (χ2n) is 8.60. The van der Waals surface area contributed by atoms with E-state index in [2.05, 4.69) is 13.8 Å². The number of rotatable bonds is 19. The summed E-state index contributed by atoms with van der Waals surface area (Å²) < 4.78 is 56.6. The lowest BCUT2D eigenvalue weighted by atomic mass is 10.1. The molecule has 0 rings (SSSR count). The maximum absolute atomic E-state index is 14.2. The molecule has 0 aromatic carbocycles. The molecule has 0 aliphatic heterocycles. The molecule has 6 heteroatoms. The van der Waals surface area contributed by atoms with Gasteiger partial charge in [0.2, 0.25) is 0 Å². The summed E-state index contributed by atoms with van der Waals surface area (Å²) in [6, 6.07) is -0.0828. The molecule has 0 heterocycles. The minimum absolute atomic E-state index is 0.0506. The van der Waals surface area contributed by atoms with Crippen LogP contribution in [0.15, 0.2) is 0 Å². The van der Waals surface area contributed by atoms with Crippen LogP contribution in [0.1, 0.15) is 104 Å². The Morgan fingerprint density at radius 2 is 0.963 bits per heavy atom. The van der Waals surface area contributed by atoms with Gasteiger partial charge in [-0.25, -0.2) is 0 Å². The van der Waals surface area contributed by atoms with Crippen LogP contribution in [0.5, 0.6) is 0 Å². The van der Waals surface area contributed by atoms with Gasteiger partial charge in [0, 0.05) is 6.04 Å². The summed E-state index contributed by atoms with van der Waals surface area (Å²) in [6.07, 6.45) is 12.3. The van der Waals surface area contributed by atoms with Crippen LogP contribution in [0.3, 0.4) is 0 Å². The molecule has 27 heavy (non-hydrogen) atoms. The maximum Gasteiger partial charge on any atom is 0.425 e. The molecule has 0 bridgehead atoms. The normalized spacial score (nSPS) is 13.9. The Morgan fingerprint density at radius 1 is 0.556 bits per heavy atom. The highest BCUT2D eigenvalue weighted by Crippen LogP contribution is 2.32. The van der Waals surface area contributed by atoms with Gasteiger partial charge in [-0.2, -0.15) is 0 Å². The third kappa shape index (κ3) is 18.0. The second-order valence-corrected chi connectivity index (χ2v) is 13.9. The van der Waals surface area contributed by atoms with E-state index in [9.17, 15) is 16.4 Å². The second kappa shape index (κ2) is 16.0.